The highest BCUT2D eigenvalue weighted by atomic mass is 16.4. The van der Waals surface area contributed by atoms with Crippen molar-refractivity contribution in [1.82, 2.24) is 0 Å². The summed E-state index contributed by atoms with van der Waals surface area (Å²) in [7, 11) is 0. The zero-order valence-electron chi connectivity index (χ0n) is 24.4. The molecule has 0 aliphatic heterocycles. The van der Waals surface area contributed by atoms with Crippen molar-refractivity contribution in [2.75, 3.05) is 9.80 Å². The van der Waals surface area contributed by atoms with Crippen LogP contribution < -0.4 is 9.80 Å². The molecule has 1 aliphatic rings. The summed E-state index contributed by atoms with van der Waals surface area (Å²) in [6.07, 6.45) is 0.845. The first-order chi connectivity index (χ1) is 22.3. The number of nitrogens with zero attached hydrogens (tertiary/aromatic N) is 2. The van der Waals surface area contributed by atoms with Gasteiger partial charge in [0.2, 0.25) is 11.8 Å². The number of furan rings is 2. The van der Waals surface area contributed by atoms with Gasteiger partial charge < -0.3 is 8.83 Å². The first-order valence-electron chi connectivity index (χ1n) is 15.2. The van der Waals surface area contributed by atoms with E-state index in [0.717, 1.165) is 62.9 Å². The summed E-state index contributed by atoms with van der Waals surface area (Å²) in [6, 6.07) is 54.9. The molecule has 2 aromatic heterocycles. The average Bonchev–Trinajstić information content (AvgIpc) is 3.80. The lowest BCUT2D eigenvalue weighted by atomic mass is 10.0. The van der Waals surface area contributed by atoms with Gasteiger partial charge in [0.25, 0.3) is 0 Å². The normalized spacial score (nSPS) is 11.9. The fraction of sp³-hybridized carbons (Fsp3) is 0.0244. The number of para-hydroxylation sites is 4. The molecule has 45 heavy (non-hydrogen) atoms. The summed E-state index contributed by atoms with van der Waals surface area (Å²) in [6.45, 7) is 0. The maximum atomic E-state index is 6.38. The molecule has 0 saturated carbocycles. The number of hydrogen-bond donors (Lipinski definition) is 0. The third-order valence-corrected chi connectivity index (χ3v) is 8.66. The average molecular weight is 581 g/mol. The number of benzene rings is 6. The van der Waals surface area contributed by atoms with Crippen LogP contribution in [-0.2, 0) is 6.42 Å². The molecular weight excluding hydrogens is 552 g/mol. The second-order valence-electron chi connectivity index (χ2n) is 11.4. The number of rotatable bonds is 6. The molecule has 0 bridgehead atoms. The fourth-order valence-electron chi connectivity index (χ4n) is 6.58. The summed E-state index contributed by atoms with van der Waals surface area (Å²) in [5.41, 5.74) is 11.1. The molecule has 214 valence electrons. The lowest BCUT2D eigenvalue weighted by molar-refractivity contribution is 0.620. The SMILES string of the molecule is c1ccc(N(c2ccc3c(c2)Cc2cc(N(c4ccccc4)c4cc5ccccc5o4)ccc2-3)c2cc3ccccc3o2)cc1. The van der Waals surface area contributed by atoms with Crippen molar-refractivity contribution in [2.24, 2.45) is 0 Å². The molecule has 9 rings (SSSR count). The Morgan fingerprint density at radius 3 is 1.24 bits per heavy atom. The predicted molar refractivity (Wildman–Crippen MR) is 184 cm³/mol. The quantitative estimate of drug-likeness (QED) is 0.196. The number of anilines is 6. The van der Waals surface area contributed by atoms with E-state index < -0.39 is 0 Å². The molecule has 0 saturated heterocycles. The van der Waals surface area contributed by atoms with Crippen molar-refractivity contribution in [3.05, 3.63) is 169 Å². The highest BCUT2D eigenvalue weighted by molar-refractivity contribution is 5.89. The molecule has 6 aromatic carbocycles. The Labute approximate surface area is 261 Å². The van der Waals surface area contributed by atoms with E-state index in [4.69, 9.17) is 8.83 Å². The Morgan fingerprint density at radius 1 is 0.378 bits per heavy atom. The van der Waals surface area contributed by atoms with Crippen molar-refractivity contribution >= 4 is 56.5 Å². The lowest BCUT2D eigenvalue weighted by Gasteiger charge is -2.23. The first-order valence-corrected chi connectivity index (χ1v) is 15.2. The second-order valence-corrected chi connectivity index (χ2v) is 11.4. The third-order valence-electron chi connectivity index (χ3n) is 8.66. The number of hydrogen-bond acceptors (Lipinski definition) is 4. The van der Waals surface area contributed by atoms with E-state index >= 15 is 0 Å². The van der Waals surface area contributed by atoms with E-state index in [9.17, 15) is 0 Å². The van der Waals surface area contributed by atoms with Crippen LogP contribution >= 0.6 is 0 Å². The van der Waals surface area contributed by atoms with Gasteiger partial charge in [-0.3, -0.25) is 9.80 Å². The van der Waals surface area contributed by atoms with Gasteiger partial charge in [0, 0.05) is 45.7 Å². The summed E-state index contributed by atoms with van der Waals surface area (Å²) in [4.78, 5) is 4.40. The summed E-state index contributed by atoms with van der Waals surface area (Å²) < 4.78 is 12.8. The van der Waals surface area contributed by atoms with Crippen LogP contribution in [0.15, 0.2) is 167 Å². The largest absolute Gasteiger partial charge is 0.440 e. The second kappa shape index (κ2) is 10.3. The Kier molecular flexibility index (Phi) is 5.85. The molecule has 4 nitrogen and oxygen atoms in total. The van der Waals surface area contributed by atoms with Crippen LogP contribution in [0.5, 0.6) is 0 Å². The van der Waals surface area contributed by atoms with E-state index in [1.54, 1.807) is 0 Å². The monoisotopic (exact) mass is 580 g/mol. The summed E-state index contributed by atoms with van der Waals surface area (Å²) in [5.74, 6) is 1.59. The summed E-state index contributed by atoms with van der Waals surface area (Å²) >= 11 is 0. The predicted octanol–water partition coefficient (Wildman–Crippen LogP) is 11.7. The topological polar surface area (TPSA) is 32.8 Å². The zero-order valence-corrected chi connectivity index (χ0v) is 24.4. The Hall–Kier alpha value is -6.00. The van der Waals surface area contributed by atoms with Crippen molar-refractivity contribution in [1.29, 1.82) is 0 Å². The molecule has 0 radical (unpaired) electrons. The van der Waals surface area contributed by atoms with Crippen LogP contribution in [0.2, 0.25) is 0 Å². The van der Waals surface area contributed by atoms with Crippen LogP contribution in [0.4, 0.5) is 34.5 Å². The molecular formula is C41H28N2O2. The van der Waals surface area contributed by atoms with Gasteiger partial charge in [0.15, 0.2) is 0 Å². The standard InChI is InChI=1S/C41H28N2O2/c1-3-13-32(14-4-1)42(40-26-28-11-7-9-17-38(28)44-40)34-19-21-36-30(24-34)23-31-25-35(20-22-37(31)36)43(33-15-5-2-6-16-33)41-27-29-12-8-10-18-39(29)45-41/h1-22,24-27H,23H2. The van der Waals surface area contributed by atoms with Gasteiger partial charge in [-0.25, -0.2) is 0 Å². The Balaban J connectivity index is 1.11. The molecule has 2 heterocycles. The van der Waals surface area contributed by atoms with Crippen LogP contribution in [0, 0.1) is 0 Å². The van der Waals surface area contributed by atoms with Crippen molar-refractivity contribution in [3.8, 4) is 11.1 Å². The molecule has 4 heteroatoms. The van der Waals surface area contributed by atoms with Gasteiger partial charge in [0.05, 0.1) is 0 Å². The van der Waals surface area contributed by atoms with Crippen LogP contribution in [0.1, 0.15) is 11.1 Å². The van der Waals surface area contributed by atoms with Crippen LogP contribution in [0.25, 0.3) is 33.1 Å². The van der Waals surface area contributed by atoms with Gasteiger partial charge in [-0.15, -0.1) is 0 Å². The molecule has 0 unspecified atom stereocenters. The van der Waals surface area contributed by atoms with E-state index in [-0.39, 0.29) is 0 Å². The van der Waals surface area contributed by atoms with E-state index in [1.165, 1.54) is 22.3 Å². The van der Waals surface area contributed by atoms with Gasteiger partial charge in [-0.1, -0.05) is 84.9 Å². The highest BCUT2D eigenvalue weighted by Gasteiger charge is 2.25. The van der Waals surface area contributed by atoms with E-state index in [0.29, 0.717) is 0 Å². The van der Waals surface area contributed by atoms with Crippen LogP contribution in [0.3, 0.4) is 0 Å². The molecule has 0 spiro atoms. The Bertz CT molecular complexity index is 2090. The molecule has 0 atom stereocenters. The maximum absolute atomic E-state index is 6.38. The van der Waals surface area contributed by atoms with Gasteiger partial charge in [-0.2, -0.15) is 0 Å². The molecule has 0 N–H and O–H groups in total. The van der Waals surface area contributed by atoms with Gasteiger partial charge >= 0.3 is 0 Å². The molecule has 8 aromatic rings. The molecule has 0 fully saturated rings. The number of fused-ring (bicyclic) bond motifs is 5. The van der Waals surface area contributed by atoms with E-state index in [2.05, 4.69) is 119 Å². The zero-order chi connectivity index (χ0) is 29.7. The third kappa shape index (κ3) is 4.38. The summed E-state index contributed by atoms with van der Waals surface area (Å²) in [5, 5.41) is 2.17. The Morgan fingerprint density at radius 2 is 0.800 bits per heavy atom. The minimum Gasteiger partial charge on any atom is -0.440 e. The first kappa shape index (κ1) is 25.5. The lowest BCUT2D eigenvalue weighted by Crippen LogP contribution is -2.09. The van der Waals surface area contributed by atoms with Gasteiger partial charge in [0.1, 0.15) is 11.2 Å². The van der Waals surface area contributed by atoms with Gasteiger partial charge in [-0.05, 0) is 89.3 Å². The minimum atomic E-state index is 0.796. The van der Waals surface area contributed by atoms with Crippen molar-refractivity contribution < 1.29 is 8.83 Å². The highest BCUT2D eigenvalue weighted by Crippen LogP contribution is 2.45. The van der Waals surface area contributed by atoms with Crippen molar-refractivity contribution in [2.45, 2.75) is 6.42 Å². The minimum absolute atomic E-state index is 0.796. The maximum Gasteiger partial charge on any atom is 0.205 e. The molecule has 0 amide bonds. The van der Waals surface area contributed by atoms with Crippen LogP contribution in [-0.4, -0.2) is 0 Å². The fourth-order valence-corrected chi connectivity index (χ4v) is 6.58. The smallest absolute Gasteiger partial charge is 0.205 e. The van der Waals surface area contributed by atoms with E-state index in [1.807, 2.05) is 48.5 Å². The van der Waals surface area contributed by atoms with Crippen molar-refractivity contribution in [3.63, 3.8) is 0 Å². The molecule has 1 aliphatic carbocycles.